The number of aryl methyl sites for hydroxylation is 3. The van der Waals surface area contributed by atoms with Gasteiger partial charge in [0.1, 0.15) is 11.2 Å². The van der Waals surface area contributed by atoms with Crippen molar-refractivity contribution in [3.63, 3.8) is 0 Å². The maximum Gasteiger partial charge on any atom is 0.410 e. The minimum Gasteiger partial charge on any atom is -0.444 e. The maximum atomic E-state index is 14.2. The number of piperazine rings is 2. The number of sulfonamides is 3. The van der Waals surface area contributed by atoms with Gasteiger partial charge in [-0.05, 0) is 123 Å². The highest BCUT2D eigenvalue weighted by molar-refractivity contribution is 8.10. The number of hydrogen-bond acceptors (Lipinski definition) is 12. The Labute approximate surface area is 459 Å². The van der Waals surface area contributed by atoms with Crippen LogP contribution in [0.15, 0.2) is 160 Å². The van der Waals surface area contributed by atoms with Gasteiger partial charge in [-0.3, -0.25) is 4.72 Å². The maximum absolute atomic E-state index is 14.2. The molecule has 78 heavy (non-hydrogen) atoms. The molecule has 412 valence electrons. The zero-order valence-corrected chi connectivity index (χ0v) is 48.0. The molecule has 0 aliphatic carbocycles. The van der Waals surface area contributed by atoms with E-state index >= 15 is 0 Å². The van der Waals surface area contributed by atoms with Crippen molar-refractivity contribution in [2.75, 3.05) is 70.6 Å². The predicted octanol–water partition coefficient (Wildman–Crippen LogP) is 11.1. The monoisotopic (exact) mass is 1120 g/mol. The molecule has 0 unspecified atom stereocenters. The molecule has 0 atom stereocenters. The van der Waals surface area contributed by atoms with Gasteiger partial charge in [0, 0.05) is 85.3 Å². The minimum absolute atomic E-state index is 0.0258. The minimum atomic E-state index is -4.57. The van der Waals surface area contributed by atoms with Crippen LogP contribution in [0.1, 0.15) is 58.2 Å². The smallest absolute Gasteiger partial charge is 0.410 e. The van der Waals surface area contributed by atoms with E-state index in [9.17, 15) is 34.8 Å². The van der Waals surface area contributed by atoms with Crippen molar-refractivity contribution in [2.45, 2.75) is 88.2 Å². The van der Waals surface area contributed by atoms with Gasteiger partial charge in [-0.15, -0.1) is 0 Å². The van der Waals surface area contributed by atoms with E-state index in [2.05, 4.69) is 14.5 Å². The molecule has 7 aromatic rings. The van der Waals surface area contributed by atoms with Crippen LogP contribution in [0.3, 0.4) is 0 Å². The molecule has 2 aliphatic rings. The number of carbonyl (C=O) groups is 2. The van der Waals surface area contributed by atoms with Crippen molar-refractivity contribution in [2.24, 2.45) is 0 Å². The van der Waals surface area contributed by atoms with Crippen LogP contribution in [0, 0.1) is 20.8 Å². The third-order valence-electron chi connectivity index (χ3n) is 13.2. The third kappa shape index (κ3) is 13.0. The molecule has 0 radical (unpaired) electrons. The summed E-state index contributed by atoms with van der Waals surface area (Å²) in [4.78, 5) is 32.7. The number of amides is 2. The first-order chi connectivity index (χ1) is 36.7. The molecule has 2 heterocycles. The predicted molar refractivity (Wildman–Crippen MR) is 309 cm³/mol. The van der Waals surface area contributed by atoms with E-state index in [-0.39, 0.29) is 32.6 Å². The number of rotatable bonds is 10. The van der Waals surface area contributed by atoms with Crippen LogP contribution >= 0.6 is 0 Å². The van der Waals surface area contributed by atoms with Crippen LogP contribution in [-0.2, 0) is 39.5 Å². The van der Waals surface area contributed by atoms with Crippen LogP contribution in [-0.4, -0.2) is 111 Å². The Kier molecular flexibility index (Phi) is 16.4. The summed E-state index contributed by atoms with van der Waals surface area (Å²) >= 11 is 0. The van der Waals surface area contributed by atoms with Crippen molar-refractivity contribution >= 4 is 86.6 Å². The molecule has 2 amide bonds. The van der Waals surface area contributed by atoms with Crippen molar-refractivity contribution in [3.8, 4) is 0 Å². The molecule has 0 spiro atoms. The van der Waals surface area contributed by atoms with Crippen molar-refractivity contribution < 1.29 is 44.3 Å². The zero-order chi connectivity index (χ0) is 56.4. The van der Waals surface area contributed by atoms with Crippen LogP contribution in [0.25, 0.3) is 21.5 Å². The first kappa shape index (κ1) is 56.8. The summed E-state index contributed by atoms with van der Waals surface area (Å²) in [6.45, 7) is 21.0. The molecule has 2 aliphatic heterocycles. The van der Waals surface area contributed by atoms with E-state index in [1.54, 1.807) is 82.6 Å². The summed E-state index contributed by atoms with van der Waals surface area (Å²) in [6.07, 6.45) is -0.659. The van der Waals surface area contributed by atoms with Gasteiger partial charge in [-0.2, -0.15) is 3.71 Å². The van der Waals surface area contributed by atoms with Crippen molar-refractivity contribution in [3.05, 3.63) is 162 Å². The molecule has 2 fully saturated rings. The van der Waals surface area contributed by atoms with Gasteiger partial charge in [0.05, 0.1) is 26.1 Å². The van der Waals surface area contributed by atoms with Gasteiger partial charge in [-0.1, -0.05) is 102 Å². The summed E-state index contributed by atoms with van der Waals surface area (Å²) in [5, 5.41) is 2.94. The number of anilines is 4. The lowest BCUT2D eigenvalue weighted by atomic mass is 10.1. The molecular weight excluding hydrogens is 1050 g/mol. The van der Waals surface area contributed by atoms with Gasteiger partial charge in [0.25, 0.3) is 30.1 Å². The summed E-state index contributed by atoms with van der Waals surface area (Å²) < 4.78 is 97.3. The summed E-state index contributed by atoms with van der Waals surface area (Å²) in [7, 11) is -12.9. The molecule has 19 heteroatoms. The van der Waals surface area contributed by atoms with E-state index in [4.69, 9.17) is 9.47 Å². The van der Waals surface area contributed by atoms with E-state index < -0.39 is 41.3 Å². The van der Waals surface area contributed by atoms with Crippen molar-refractivity contribution in [1.29, 1.82) is 0 Å². The van der Waals surface area contributed by atoms with Gasteiger partial charge in [-0.25, -0.2) is 34.8 Å². The number of carbonyl (C=O) groups excluding carboxylic acids is 2. The molecule has 16 nitrogen and oxygen atoms in total. The van der Waals surface area contributed by atoms with Crippen LogP contribution in [0.2, 0.25) is 0 Å². The van der Waals surface area contributed by atoms with Gasteiger partial charge in [0.2, 0.25) is 0 Å². The average Bonchev–Trinajstić information content (AvgIpc) is 3.49. The van der Waals surface area contributed by atoms with E-state index in [0.29, 0.717) is 72.5 Å². The lowest BCUT2D eigenvalue weighted by Gasteiger charge is -2.37. The lowest BCUT2D eigenvalue weighted by Crippen LogP contribution is -2.50. The fourth-order valence-corrected chi connectivity index (χ4v) is 14.0. The van der Waals surface area contributed by atoms with Gasteiger partial charge in [0.15, 0.2) is 0 Å². The summed E-state index contributed by atoms with van der Waals surface area (Å²) in [5.41, 5.74) is 3.96. The molecule has 0 aromatic heterocycles. The van der Waals surface area contributed by atoms with Crippen LogP contribution in [0.5, 0.6) is 0 Å². The molecule has 7 aromatic carbocycles. The molecule has 1 N–H and O–H groups in total. The summed E-state index contributed by atoms with van der Waals surface area (Å²) in [5.74, 6) is 0. The number of fused-ring (bicyclic) bond motifs is 2. The highest BCUT2D eigenvalue weighted by Gasteiger charge is 2.39. The van der Waals surface area contributed by atoms with Crippen LogP contribution in [0.4, 0.5) is 32.3 Å². The first-order valence-corrected chi connectivity index (χ1v) is 30.1. The second-order valence-electron chi connectivity index (χ2n) is 21.5. The van der Waals surface area contributed by atoms with Gasteiger partial charge < -0.3 is 29.1 Å². The Balaban J connectivity index is 0.000000213. The quantitative estimate of drug-likeness (QED) is 0.137. The number of benzene rings is 7. The Hall–Kier alpha value is -7.35. The first-order valence-electron chi connectivity index (χ1n) is 25.7. The highest BCUT2D eigenvalue weighted by Crippen LogP contribution is 2.40. The topological polar surface area (TPSA) is 183 Å². The third-order valence-corrected chi connectivity index (χ3v) is 18.7. The number of ether oxygens (including phenoxy) is 2. The Morgan fingerprint density at radius 3 is 1.18 bits per heavy atom. The Bertz CT molecular complexity index is 3580. The lowest BCUT2D eigenvalue weighted by molar-refractivity contribution is 0.0230. The molecule has 0 saturated carbocycles. The Morgan fingerprint density at radius 1 is 0.436 bits per heavy atom. The fourth-order valence-electron chi connectivity index (χ4n) is 9.18. The summed E-state index contributed by atoms with van der Waals surface area (Å²) in [6, 6.07) is 41.0. The largest absolute Gasteiger partial charge is 0.444 e. The molecule has 0 bridgehead atoms. The van der Waals surface area contributed by atoms with Crippen LogP contribution < -0.4 is 18.2 Å². The molecule has 9 rings (SSSR count). The SMILES string of the molecule is Cc1ccc(S(=O)(=O)N(c2ccc(N3CCN(C(=O)OC(C)(C)C)CC3)c3ccccc23)S(=O)(=O)c2ccc(C)cc2)cc1.Cc1ccc(S(=O)(=O)Nc2ccc(N3CCN(C(=O)OC(C)(C)C)CC3)c3ccccc23)cc1. The number of nitrogens with zero attached hydrogens (tertiary/aromatic N) is 5. The fraction of sp³-hybridized carbons (Fsp3) is 0.322. The second-order valence-corrected chi connectivity index (χ2v) is 27.0. The van der Waals surface area contributed by atoms with E-state index in [1.165, 1.54) is 24.3 Å². The zero-order valence-electron chi connectivity index (χ0n) is 45.6. The number of hydrogen-bond donors (Lipinski definition) is 1. The standard InChI is InChI=1S/C33H37N3O6S2.C26H31N3O4S/c1-24-10-14-26(15-11-24)43(38,39)36(44(40,41)27-16-12-25(2)13-17-27)31-19-18-30(28-8-6-7-9-29(28)31)34-20-22-35(23-21-34)32(37)42-33(3,4)5;1-19-9-11-20(12-10-19)34(31,32)27-23-13-14-24(22-8-6-5-7-21(22)23)28-15-17-29(18-16-28)25(30)33-26(2,3)4/h6-19H,20-23H2,1-5H3;5-14,27H,15-18H2,1-4H3. The Morgan fingerprint density at radius 2 is 0.782 bits per heavy atom. The normalized spacial score (nSPS) is 14.6. The van der Waals surface area contributed by atoms with E-state index in [1.807, 2.05) is 111 Å². The van der Waals surface area contributed by atoms with Crippen molar-refractivity contribution in [1.82, 2.24) is 9.80 Å². The van der Waals surface area contributed by atoms with Gasteiger partial charge >= 0.3 is 12.2 Å². The molecular formula is C59H68N6O10S3. The number of nitrogens with one attached hydrogen (secondary N) is 1. The molecule has 2 saturated heterocycles. The average molecular weight is 1120 g/mol. The van der Waals surface area contributed by atoms with E-state index in [0.717, 1.165) is 38.8 Å². The highest BCUT2D eigenvalue weighted by atomic mass is 32.3. The second kappa shape index (κ2) is 22.6.